The van der Waals surface area contributed by atoms with E-state index in [-0.39, 0.29) is 11.8 Å². The molecule has 1 N–H and O–H groups in total. The van der Waals surface area contributed by atoms with Gasteiger partial charge in [0, 0.05) is 62.4 Å². The highest BCUT2D eigenvalue weighted by Gasteiger charge is 2.30. The summed E-state index contributed by atoms with van der Waals surface area (Å²) in [5.74, 6) is 0.195. The molecule has 0 radical (unpaired) electrons. The topological polar surface area (TPSA) is 52.2 Å². The SMILES string of the molecule is CCN1CCN(Cc2ccc3cc[nH]c3c2)C[C@@H](Cc2ccccc2-c2cccnc2)C1=O. The van der Waals surface area contributed by atoms with Gasteiger partial charge in [0.05, 0.1) is 5.92 Å². The van der Waals surface area contributed by atoms with Gasteiger partial charge in [-0.3, -0.25) is 14.7 Å². The van der Waals surface area contributed by atoms with Crippen LogP contribution in [0, 0.1) is 5.92 Å². The van der Waals surface area contributed by atoms with Gasteiger partial charge in [-0.1, -0.05) is 42.5 Å². The molecule has 1 saturated heterocycles. The first-order valence-electron chi connectivity index (χ1n) is 11.8. The van der Waals surface area contributed by atoms with Crippen molar-refractivity contribution in [1.82, 2.24) is 19.8 Å². The standard InChI is InChI=1S/C28H30N4O/c1-2-32-15-14-31(19-21-9-10-22-11-13-30-27(22)16-21)20-25(28(32)33)17-23-6-3-4-8-26(23)24-7-5-12-29-18-24/h3-13,16,18,25,30H,2,14-15,17,19-20H2,1H3/t25-/m1/s1. The Labute approximate surface area is 195 Å². The number of rotatable bonds is 6. The first-order valence-corrected chi connectivity index (χ1v) is 11.8. The minimum Gasteiger partial charge on any atom is -0.361 e. The number of hydrogen-bond acceptors (Lipinski definition) is 3. The molecular weight excluding hydrogens is 408 g/mol. The molecule has 2 aromatic carbocycles. The van der Waals surface area contributed by atoms with Gasteiger partial charge >= 0.3 is 0 Å². The number of pyridine rings is 1. The maximum absolute atomic E-state index is 13.4. The Morgan fingerprint density at radius 2 is 1.97 bits per heavy atom. The van der Waals surface area contributed by atoms with E-state index in [1.165, 1.54) is 16.5 Å². The monoisotopic (exact) mass is 438 g/mol. The lowest BCUT2D eigenvalue weighted by Crippen LogP contribution is -2.37. The number of carbonyl (C=O) groups excluding carboxylic acids is 1. The Bertz CT molecular complexity index is 1230. The lowest BCUT2D eigenvalue weighted by molar-refractivity contribution is -0.134. The molecule has 5 nitrogen and oxygen atoms in total. The first kappa shape index (κ1) is 21.4. The van der Waals surface area contributed by atoms with Crippen LogP contribution in [0.4, 0.5) is 0 Å². The molecule has 1 aliphatic rings. The second kappa shape index (κ2) is 9.59. The molecule has 33 heavy (non-hydrogen) atoms. The Balaban J connectivity index is 1.40. The van der Waals surface area contributed by atoms with E-state index in [9.17, 15) is 4.79 Å². The molecule has 3 heterocycles. The van der Waals surface area contributed by atoms with Gasteiger partial charge in [0.25, 0.3) is 0 Å². The third-order valence-electron chi connectivity index (χ3n) is 6.69. The van der Waals surface area contributed by atoms with Crippen LogP contribution in [0.15, 0.2) is 79.3 Å². The third-order valence-corrected chi connectivity index (χ3v) is 6.69. The maximum Gasteiger partial charge on any atom is 0.227 e. The van der Waals surface area contributed by atoms with Crippen LogP contribution in [0.5, 0.6) is 0 Å². The van der Waals surface area contributed by atoms with E-state index in [0.29, 0.717) is 0 Å². The number of H-pyrrole nitrogens is 1. The van der Waals surface area contributed by atoms with Gasteiger partial charge in [-0.2, -0.15) is 0 Å². The van der Waals surface area contributed by atoms with Crippen LogP contribution in [-0.2, 0) is 17.8 Å². The number of carbonyl (C=O) groups is 1. The van der Waals surface area contributed by atoms with Crippen molar-refractivity contribution in [2.24, 2.45) is 5.92 Å². The largest absolute Gasteiger partial charge is 0.361 e. The second-order valence-corrected chi connectivity index (χ2v) is 8.85. The molecule has 1 atom stereocenters. The summed E-state index contributed by atoms with van der Waals surface area (Å²) in [4.78, 5) is 25.5. The summed E-state index contributed by atoms with van der Waals surface area (Å²) in [6.45, 7) is 6.11. The molecule has 5 rings (SSSR count). The van der Waals surface area contributed by atoms with Gasteiger partial charge in [-0.25, -0.2) is 0 Å². The van der Waals surface area contributed by atoms with Crippen molar-refractivity contribution in [3.63, 3.8) is 0 Å². The van der Waals surface area contributed by atoms with Gasteiger partial charge in [0.2, 0.25) is 5.91 Å². The number of hydrogen-bond donors (Lipinski definition) is 1. The van der Waals surface area contributed by atoms with Crippen LogP contribution in [0.1, 0.15) is 18.1 Å². The minimum atomic E-state index is -0.0699. The molecule has 4 aromatic rings. The van der Waals surface area contributed by atoms with E-state index < -0.39 is 0 Å². The summed E-state index contributed by atoms with van der Waals surface area (Å²) in [5.41, 5.74) is 5.90. The third kappa shape index (κ3) is 4.69. The summed E-state index contributed by atoms with van der Waals surface area (Å²) in [6, 6.07) is 21.2. The Morgan fingerprint density at radius 1 is 1.06 bits per heavy atom. The number of aromatic nitrogens is 2. The number of aromatic amines is 1. The van der Waals surface area contributed by atoms with Crippen molar-refractivity contribution in [2.75, 3.05) is 26.2 Å². The summed E-state index contributed by atoms with van der Waals surface area (Å²) in [6.07, 6.45) is 6.40. The molecule has 1 amide bonds. The highest BCUT2D eigenvalue weighted by Crippen LogP contribution is 2.27. The Kier molecular flexibility index (Phi) is 6.22. The maximum atomic E-state index is 13.4. The first-order chi connectivity index (χ1) is 16.2. The van der Waals surface area contributed by atoms with E-state index in [2.05, 4.69) is 76.4 Å². The number of likely N-dealkylation sites (N-methyl/N-ethyl adjacent to an activating group) is 1. The summed E-state index contributed by atoms with van der Waals surface area (Å²) < 4.78 is 0. The van der Waals surface area contributed by atoms with E-state index in [4.69, 9.17) is 0 Å². The molecule has 5 heteroatoms. The molecule has 1 aliphatic heterocycles. The number of benzene rings is 2. The van der Waals surface area contributed by atoms with E-state index >= 15 is 0 Å². The van der Waals surface area contributed by atoms with Crippen LogP contribution < -0.4 is 0 Å². The molecule has 1 fully saturated rings. The number of fused-ring (bicyclic) bond motifs is 1. The summed E-state index contributed by atoms with van der Waals surface area (Å²) in [7, 11) is 0. The number of nitrogens with zero attached hydrogens (tertiary/aromatic N) is 3. The molecule has 2 aromatic heterocycles. The lowest BCUT2D eigenvalue weighted by atomic mass is 9.91. The Hall–Kier alpha value is -3.44. The zero-order valence-corrected chi connectivity index (χ0v) is 19.1. The fraction of sp³-hybridized carbons (Fsp3) is 0.286. The quantitative estimate of drug-likeness (QED) is 0.473. The van der Waals surface area contributed by atoms with Gasteiger partial charge in [0.15, 0.2) is 0 Å². The molecule has 0 aliphatic carbocycles. The van der Waals surface area contributed by atoms with Crippen LogP contribution in [0.3, 0.4) is 0 Å². The van der Waals surface area contributed by atoms with Gasteiger partial charge in [-0.15, -0.1) is 0 Å². The van der Waals surface area contributed by atoms with Crippen molar-refractivity contribution in [2.45, 2.75) is 19.9 Å². The highest BCUT2D eigenvalue weighted by molar-refractivity contribution is 5.81. The van der Waals surface area contributed by atoms with E-state index in [1.807, 2.05) is 23.4 Å². The van der Waals surface area contributed by atoms with Crippen LogP contribution in [-0.4, -0.2) is 51.9 Å². The van der Waals surface area contributed by atoms with Crippen molar-refractivity contribution in [1.29, 1.82) is 0 Å². The van der Waals surface area contributed by atoms with E-state index in [0.717, 1.165) is 55.8 Å². The fourth-order valence-electron chi connectivity index (χ4n) is 4.94. The average Bonchev–Trinajstić information content (AvgIpc) is 3.27. The molecule has 168 valence electrons. The van der Waals surface area contributed by atoms with Crippen molar-refractivity contribution < 1.29 is 4.79 Å². The summed E-state index contributed by atoms with van der Waals surface area (Å²) in [5, 5.41) is 1.23. The number of nitrogens with one attached hydrogen (secondary N) is 1. The smallest absolute Gasteiger partial charge is 0.227 e. The summed E-state index contributed by atoms with van der Waals surface area (Å²) >= 11 is 0. The molecular formula is C28H30N4O. The van der Waals surface area contributed by atoms with Gasteiger partial charge in [0.1, 0.15) is 0 Å². The van der Waals surface area contributed by atoms with Gasteiger partial charge < -0.3 is 9.88 Å². The molecule has 0 spiro atoms. The Morgan fingerprint density at radius 3 is 2.82 bits per heavy atom. The van der Waals surface area contributed by atoms with E-state index in [1.54, 1.807) is 6.20 Å². The molecule has 0 bridgehead atoms. The van der Waals surface area contributed by atoms with Crippen molar-refractivity contribution >= 4 is 16.8 Å². The normalized spacial score (nSPS) is 17.4. The van der Waals surface area contributed by atoms with Crippen molar-refractivity contribution in [3.05, 3.63) is 90.4 Å². The molecule has 0 saturated carbocycles. The molecule has 0 unspecified atom stereocenters. The van der Waals surface area contributed by atoms with Crippen LogP contribution in [0.2, 0.25) is 0 Å². The van der Waals surface area contributed by atoms with Crippen LogP contribution in [0.25, 0.3) is 22.0 Å². The zero-order valence-electron chi connectivity index (χ0n) is 19.1. The second-order valence-electron chi connectivity index (χ2n) is 8.85. The predicted molar refractivity (Wildman–Crippen MR) is 133 cm³/mol. The fourth-order valence-corrected chi connectivity index (χ4v) is 4.94. The average molecular weight is 439 g/mol. The van der Waals surface area contributed by atoms with Gasteiger partial charge in [-0.05, 0) is 53.6 Å². The highest BCUT2D eigenvalue weighted by atomic mass is 16.2. The number of amides is 1. The zero-order chi connectivity index (χ0) is 22.6. The van der Waals surface area contributed by atoms with Crippen LogP contribution >= 0.6 is 0 Å². The van der Waals surface area contributed by atoms with Crippen molar-refractivity contribution in [3.8, 4) is 11.1 Å². The minimum absolute atomic E-state index is 0.0699. The predicted octanol–water partition coefficient (Wildman–Crippen LogP) is 4.75. The lowest BCUT2D eigenvalue weighted by Gasteiger charge is -2.24.